The average molecular weight is 228 g/mol. The van der Waals surface area contributed by atoms with Crippen molar-refractivity contribution in [1.29, 1.82) is 0 Å². The summed E-state index contributed by atoms with van der Waals surface area (Å²) in [5.41, 5.74) is 5.42. The molecule has 1 aromatic rings. The molecule has 0 aliphatic carbocycles. The third kappa shape index (κ3) is 2.03. The van der Waals surface area contributed by atoms with Gasteiger partial charge in [-0.15, -0.1) is 0 Å². The van der Waals surface area contributed by atoms with Crippen LogP contribution in [0.15, 0.2) is 18.3 Å². The Balaban J connectivity index is 2.18. The molecule has 0 radical (unpaired) electrons. The van der Waals surface area contributed by atoms with Gasteiger partial charge in [-0.1, -0.05) is 11.6 Å². The van der Waals surface area contributed by atoms with E-state index < -0.39 is 6.09 Å². The third-order valence-corrected chi connectivity index (χ3v) is 2.35. The van der Waals surface area contributed by atoms with Gasteiger partial charge in [0, 0.05) is 12.7 Å². The quantitative estimate of drug-likeness (QED) is 0.819. The van der Waals surface area contributed by atoms with Crippen LogP contribution in [0.2, 0.25) is 5.02 Å². The molecule has 1 aliphatic heterocycles. The van der Waals surface area contributed by atoms with Gasteiger partial charge in [-0.05, 0) is 12.1 Å². The van der Waals surface area contributed by atoms with Crippen molar-refractivity contribution in [2.45, 2.75) is 6.10 Å². The minimum absolute atomic E-state index is 0.255. The van der Waals surface area contributed by atoms with Gasteiger partial charge in [-0.25, -0.2) is 9.78 Å². The Bertz CT molecular complexity index is 368. The number of pyridine rings is 1. The molecule has 1 aliphatic rings. The van der Waals surface area contributed by atoms with Gasteiger partial charge in [0.2, 0.25) is 0 Å². The molecule has 1 saturated heterocycles. The minimum atomic E-state index is -0.416. The zero-order valence-electron chi connectivity index (χ0n) is 7.89. The van der Waals surface area contributed by atoms with Crippen LogP contribution in [-0.4, -0.2) is 30.3 Å². The summed E-state index contributed by atoms with van der Waals surface area (Å²) in [5, 5.41) is 0.529. The number of carbonyl (C=O) groups excluding carboxylic acids is 1. The van der Waals surface area contributed by atoms with Crippen molar-refractivity contribution in [2.24, 2.45) is 5.73 Å². The largest absolute Gasteiger partial charge is 0.443 e. The van der Waals surface area contributed by atoms with E-state index in [-0.39, 0.29) is 6.10 Å². The van der Waals surface area contributed by atoms with Gasteiger partial charge >= 0.3 is 6.09 Å². The molecule has 5 nitrogen and oxygen atoms in total. The van der Waals surface area contributed by atoms with E-state index in [4.69, 9.17) is 22.1 Å². The molecule has 0 spiro atoms. The standard InChI is InChI=1S/C9H10ClN3O2/c10-6-1-2-8(12-4-6)13-5-7(3-11)15-9(13)14/h1-2,4,7H,3,5,11H2/t7-/m0/s1. The molecule has 0 saturated carbocycles. The number of hydrogen-bond acceptors (Lipinski definition) is 4. The van der Waals surface area contributed by atoms with E-state index in [1.54, 1.807) is 12.1 Å². The third-order valence-electron chi connectivity index (χ3n) is 2.13. The van der Waals surface area contributed by atoms with Crippen LogP contribution in [0.1, 0.15) is 0 Å². The van der Waals surface area contributed by atoms with E-state index in [0.29, 0.717) is 23.9 Å². The van der Waals surface area contributed by atoms with Gasteiger partial charge in [-0.3, -0.25) is 4.90 Å². The lowest BCUT2D eigenvalue weighted by Crippen LogP contribution is -2.27. The van der Waals surface area contributed by atoms with E-state index in [0.717, 1.165) is 0 Å². The smallest absolute Gasteiger partial charge is 0.415 e. The molecular weight excluding hydrogens is 218 g/mol. The first kappa shape index (κ1) is 10.2. The van der Waals surface area contributed by atoms with Crippen LogP contribution < -0.4 is 10.6 Å². The van der Waals surface area contributed by atoms with Crippen molar-refractivity contribution in [3.8, 4) is 0 Å². The topological polar surface area (TPSA) is 68.5 Å². The number of aromatic nitrogens is 1. The Morgan fingerprint density at radius 1 is 1.67 bits per heavy atom. The fourth-order valence-electron chi connectivity index (χ4n) is 1.36. The Kier molecular flexibility index (Phi) is 2.75. The molecule has 2 N–H and O–H groups in total. The second-order valence-corrected chi connectivity index (χ2v) is 3.62. The average Bonchev–Trinajstić information content (AvgIpc) is 2.61. The summed E-state index contributed by atoms with van der Waals surface area (Å²) in [7, 11) is 0. The molecule has 0 unspecified atom stereocenters. The normalized spacial score (nSPS) is 20.5. The molecular formula is C9H10ClN3O2. The van der Waals surface area contributed by atoms with Gasteiger partial charge in [-0.2, -0.15) is 0 Å². The molecule has 6 heteroatoms. The van der Waals surface area contributed by atoms with E-state index in [1.165, 1.54) is 11.1 Å². The molecule has 1 amide bonds. The maximum absolute atomic E-state index is 11.4. The number of carbonyl (C=O) groups is 1. The molecule has 2 heterocycles. The fraction of sp³-hybridized carbons (Fsp3) is 0.333. The molecule has 0 aromatic carbocycles. The lowest BCUT2D eigenvalue weighted by molar-refractivity contribution is 0.145. The lowest BCUT2D eigenvalue weighted by atomic mass is 10.3. The van der Waals surface area contributed by atoms with Crippen molar-refractivity contribution in [3.05, 3.63) is 23.4 Å². The number of halogens is 1. The molecule has 1 aromatic heterocycles. The molecule has 15 heavy (non-hydrogen) atoms. The Hall–Kier alpha value is -1.33. The maximum Gasteiger partial charge on any atom is 0.415 e. The van der Waals surface area contributed by atoms with Crippen LogP contribution in [0.4, 0.5) is 10.6 Å². The molecule has 1 fully saturated rings. The van der Waals surface area contributed by atoms with Gasteiger partial charge in [0.25, 0.3) is 0 Å². The SMILES string of the molecule is NC[C@H]1CN(c2ccc(Cl)cn2)C(=O)O1. The highest BCUT2D eigenvalue weighted by Gasteiger charge is 2.31. The Labute approximate surface area is 91.8 Å². The Morgan fingerprint density at radius 3 is 3.00 bits per heavy atom. The highest BCUT2D eigenvalue weighted by atomic mass is 35.5. The van der Waals surface area contributed by atoms with Crippen molar-refractivity contribution < 1.29 is 9.53 Å². The van der Waals surface area contributed by atoms with E-state index in [1.807, 2.05) is 0 Å². The number of nitrogens with zero attached hydrogens (tertiary/aromatic N) is 2. The predicted octanol–water partition coefficient (Wildman–Crippen LogP) is 1.02. The maximum atomic E-state index is 11.4. The summed E-state index contributed by atoms with van der Waals surface area (Å²) < 4.78 is 5.00. The zero-order valence-corrected chi connectivity index (χ0v) is 8.65. The first-order valence-corrected chi connectivity index (χ1v) is 4.88. The molecule has 1 atom stereocenters. The van der Waals surface area contributed by atoms with Crippen molar-refractivity contribution >= 4 is 23.5 Å². The predicted molar refractivity (Wildman–Crippen MR) is 55.9 cm³/mol. The van der Waals surface area contributed by atoms with Gasteiger partial charge in [0.1, 0.15) is 11.9 Å². The molecule has 80 valence electrons. The van der Waals surface area contributed by atoms with Gasteiger partial charge in [0.15, 0.2) is 0 Å². The second kappa shape index (κ2) is 4.04. The van der Waals surface area contributed by atoms with Gasteiger partial charge in [0.05, 0.1) is 11.6 Å². The van der Waals surface area contributed by atoms with Crippen LogP contribution in [0, 0.1) is 0 Å². The highest BCUT2D eigenvalue weighted by molar-refractivity contribution is 6.30. The van der Waals surface area contributed by atoms with Crippen molar-refractivity contribution in [2.75, 3.05) is 18.0 Å². The molecule has 0 bridgehead atoms. The number of cyclic esters (lactones) is 1. The Morgan fingerprint density at radius 2 is 2.47 bits per heavy atom. The highest BCUT2D eigenvalue weighted by Crippen LogP contribution is 2.20. The number of anilines is 1. The number of ether oxygens (including phenoxy) is 1. The monoisotopic (exact) mass is 227 g/mol. The summed E-state index contributed by atoms with van der Waals surface area (Å²) in [6.45, 7) is 0.750. The van der Waals surface area contributed by atoms with E-state index >= 15 is 0 Å². The summed E-state index contributed by atoms with van der Waals surface area (Å²) >= 11 is 5.69. The summed E-state index contributed by atoms with van der Waals surface area (Å²) in [6.07, 6.45) is 0.815. The van der Waals surface area contributed by atoms with E-state index in [2.05, 4.69) is 4.98 Å². The van der Waals surface area contributed by atoms with Crippen LogP contribution >= 0.6 is 11.6 Å². The number of amides is 1. The van der Waals surface area contributed by atoms with Crippen LogP contribution in [0.25, 0.3) is 0 Å². The van der Waals surface area contributed by atoms with Gasteiger partial charge < -0.3 is 10.5 Å². The van der Waals surface area contributed by atoms with Crippen LogP contribution in [0.3, 0.4) is 0 Å². The van der Waals surface area contributed by atoms with Crippen LogP contribution in [-0.2, 0) is 4.74 Å². The second-order valence-electron chi connectivity index (χ2n) is 3.19. The lowest BCUT2D eigenvalue weighted by Gasteiger charge is -2.10. The first-order valence-electron chi connectivity index (χ1n) is 4.50. The fourth-order valence-corrected chi connectivity index (χ4v) is 1.47. The zero-order chi connectivity index (χ0) is 10.8. The summed E-state index contributed by atoms with van der Waals surface area (Å²) in [6, 6.07) is 3.34. The van der Waals surface area contributed by atoms with Crippen molar-refractivity contribution in [1.82, 2.24) is 4.98 Å². The van der Waals surface area contributed by atoms with E-state index in [9.17, 15) is 4.79 Å². The number of hydrogen-bond donors (Lipinski definition) is 1. The van der Waals surface area contributed by atoms with Crippen LogP contribution in [0.5, 0.6) is 0 Å². The minimum Gasteiger partial charge on any atom is -0.443 e. The number of rotatable bonds is 2. The summed E-state index contributed by atoms with van der Waals surface area (Å²) in [5.74, 6) is 0.528. The summed E-state index contributed by atoms with van der Waals surface area (Å²) in [4.78, 5) is 16.9. The van der Waals surface area contributed by atoms with Crippen molar-refractivity contribution in [3.63, 3.8) is 0 Å². The molecule has 2 rings (SSSR count). The first-order chi connectivity index (χ1) is 7.20. The number of nitrogens with two attached hydrogens (primary N) is 1.